The van der Waals surface area contributed by atoms with Crippen LogP contribution in [0.4, 0.5) is 5.82 Å². The largest absolute Gasteiger partial charge is 0.306 e. The quantitative estimate of drug-likeness (QED) is 0.753. The summed E-state index contributed by atoms with van der Waals surface area (Å²) in [5, 5.41) is 4.62. The van der Waals surface area contributed by atoms with Crippen LogP contribution in [0.1, 0.15) is 0 Å². The number of para-hydroxylation sites is 1. The Balaban J connectivity index is 2.05. The smallest absolute Gasteiger partial charge is 0.227 e. The lowest BCUT2D eigenvalue weighted by atomic mass is 10.2. The van der Waals surface area contributed by atoms with Crippen molar-refractivity contribution in [2.75, 3.05) is 33.2 Å². The Morgan fingerprint density at radius 2 is 1.82 bits per heavy atom. The van der Waals surface area contributed by atoms with Gasteiger partial charge in [0.1, 0.15) is 0 Å². The van der Waals surface area contributed by atoms with Crippen LogP contribution in [0.25, 0.3) is 10.9 Å². The first-order valence-electron chi connectivity index (χ1n) is 6.20. The molecule has 0 radical (unpaired) electrons. The molecule has 17 heavy (non-hydrogen) atoms. The van der Waals surface area contributed by atoms with Crippen molar-refractivity contribution >= 4 is 16.7 Å². The molecule has 3 nitrogen and oxygen atoms in total. The molecule has 88 valence electrons. The maximum Gasteiger partial charge on any atom is 0.227 e. The molecule has 1 saturated heterocycles. The van der Waals surface area contributed by atoms with Gasteiger partial charge in [0, 0.05) is 24.5 Å². The SMILES string of the molecule is C[N+]1(c2ccc3ccccc3n2)CCNCC1. The third-order valence-electron chi connectivity index (χ3n) is 3.70. The molecule has 0 aliphatic carbocycles. The van der Waals surface area contributed by atoms with E-state index < -0.39 is 0 Å². The van der Waals surface area contributed by atoms with Crippen molar-refractivity contribution in [3.8, 4) is 0 Å². The van der Waals surface area contributed by atoms with Crippen molar-refractivity contribution in [3.05, 3.63) is 36.4 Å². The van der Waals surface area contributed by atoms with E-state index in [0.717, 1.165) is 36.2 Å². The van der Waals surface area contributed by atoms with Gasteiger partial charge in [-0.15, -0.1) is 0 Å². The zero-order chi connectivity index (χ0) is 11.7. The van der Waals surface area contributed by atoms with Crippen LogP contribution in [0.15, 0.2) is 36.4 Å². The summed E-state index contributed by atoms with van der Waals surface area (Å²) in [5.74, 6) is 1.19. The molecule has 1 fully saturated rings. The molecule has 0 bridgehead atoms. The van der Waals surface area contributed by atoms with E-state index in [0.29, 0.717) is 0 Å². The number of nitrogens with zero attached hydrogens (tertiary/aromatic N) is 2. The first kappa shape index (κ1) is 10.7. The van der Waals surface area contributed by atoms with Crippen LogP contribution in [-0.4, -0.2) is 38.2 Å². The van der Waals surface area contributed by atoms with Crippen molar-refractivity contribution in [1.29, 1.82) is 0 Å². The van der Waals surface area contributed by atoms with E-state index in [1.54, 1.807) is 0 Å². The van der Waals surface area contributed by atoms with Crippen LogP contribution < -0.4 is 9.80 Å². The molecule has 0 spiro atoms. The molecule has 0 atom stereocenters. The minimum Gasteiger partial charge on any atom is -0.306 e. The second-order valence-corrected chi connectivity index (χ2v) is 4.96. The van der Waals surface area contributed by atoms with Gasteiger partial charge in [0.15, 0.2) is 0 Å². The Morgan fingerprint density at radius 1 is 1.06 bits per heavy atom. The lowest BCUT2D eigenvalue weighted by Gasteiger charge is -2.36. The van der Waals surface area contributed by atoms with Crippen LogP contribution >= 0.6 is 0 Å². The van der Waals surface area contributed by atoms with Crippen LogP contribution in [0.3, 0.4) is 0 Å². The van der Waals surface area contributed by atoms with Gasteiger partial charge in [-0.3, -0.25) is 4.48 Å². The fourth-order valence-electron chi connectivity index (χ4n) is 2.47. The molecule has 1 N–H and O–H groups in total. The molecule has 3 heteroatoms. The van der Waals surface area contributed by atoms with Crippen molar-refractivity contribution in [2.24, 2.45) is 0 Å². The molecule has 3 rings (SSSR count). The standard InChI is InChI=1S/C14H18N3/c1-17(10-8-15-9-11-17)14-7-6-12-4-2-3-5-13(12)16-14/h2-7,15H,8-11H2,1H3/q+1. The molecule has 0 saturated carbocycles. The van der Waals surface area contributed by atoms with Crippen LogP contribution in [0.5, 0.6) is 0 Å². The minimum atomic E-state index is 0.942. The number of likely N-dealkylation sites (N-methyl/N-ethyl adjacent to an activating group) is 1. The second kappa shape index (κ2) is 4.09. The normalized spacial score (nSPS) is 19.4. The van der Waals surface area contributed by atoms with Gasteiger partial charge in [-0.05, 0) is 12.1 Å². The predicted molar refractivity (Wildman–Crippen MR) is 72.1 cm³/mol. The fraction of sp³-hybridized carbons (Fsp3) is 0.357. The summed E-state index contributed by atoms with van der Waals surface area (Å²) in [6.45, 7) is 4.38. The van der Waals surface area contributed by atoms with E-state index >= 15 is 0 Å². The van der Waals surface area contributed by atoms with Gasteiger partial charge in [-0.2, -0.15) is 4.98 Å². The van der Waals surface area contributed by atoms with Gasteiger partial charge in [0.05, 0.1) is 25.7 Å². The summed E-state index contributed by atoms with van der Waals surface area (Å²) >= 11 is 0. The summed E-state index contributed by atoms with van der Waals surface area (Å²) in [6, 6.07) is 12.7. The van der Waals surface area contributed by atoms with Gasteiger partial charge < -0.3 is 5.32 Å². The maximum absolute atomic E-state index is 4.82. The number of piperazine rings is 1. The lowest BCUT2D eigenvalue weighted by Crippen LogP contribution is -2.57. The topological polar surface area (TPSA) is 24.9 Å². The molecule has 2 aromatic rings. The molecular formula is C14H18N3+. The van der Waals surface area contributed by atoms with E-state index in [1.165, 1.54) is 11.2 Å². The third-order valence-corrected chi connectivity index (χ3v) is 3.70. The molecular weight excluding hydrogens is 210 g/mol. The number of aromatic nitrogens is 1. The average Bonchev–Trinajstić information content (AvgIpc) is 2.39. The Morgan fingerprint density at radius 3 is 2.65 bits per heavy atom. The molecule has 1 aromatic heterocycles. The highest BCUT2D eigenvalue weighted by atomic mass is 15.4. The van der Waals surface area contributed by atoms with Gasteiger partial charge in [0.2, 0.25) is 5.82 Å². The Bertz CT molecular complexity index is 530. The Kier molecular flexibility index (Phi) is 2.57. The van der Waals surface area contributed by atoms with E-state index in [-0.39, 0.29) is 0 Å². The highest BCUT2D eigenvalue weighted by Crippen LogP contribution is 2.22. The molecule has 1 aliphatic heterocycles. The lowest BCUT2D eigenvalue weighted by molar-refractivity contribution is 0.282. The van der Waals surface area contributed by atoms with Gasteiger partial charge in [-0.1, -0.05) is 18.2 Å². The van der Waals surface area contributed by atoms with Crippen molar-refractivity contribution in [3.63, 3.8) is 0 Å². The summed E-state index contributed by atoms with van der Waals surface area (Å²) < 4.78 is 0.942. The first-order chi connectivity index (χ1) is 8.28. The zero-order valence-electron chi connectivity index (χ0n) is 10.2. The molecule has 1 aromatic carbocycles. The van der Waals surface area contributed by atoms with Gasteiger partial charge in [-0.25, -0.2) is 0 Å². The maximum atomic E-state index is 4.82. The highest BCUT2D eigenvalue weighted by Gasteiger charge is 2.28. The van der Waals surface area contributed by atoms with Crippen LogP contribution in [0.2, 0.25) is 0 Å². The number of nitrogens with one attached hydrogen (secondary N) is 1. The summed E-state index contributed by atoms with van der Waals surface area (Å²) in [5.41, 5.74) is 1.10. The van der Waals surface area contributed by atoms with Crippen LogP contribution in [0, 0.1) is 0 Å². The summed E-state index contributed by atoms with van der Waals surface area (Å²) in [7, 11) is 2.28. The number of pyridine rings is 1. The van der Waals surface area contributed by atoms with Crippen molar-refractivity contribution in [2.45, 2.75) is 0 Å². The number of hydrogen-bond donors (Lipinski definition) is 1. The Labute approximate surface area is 102 Å². The summed E-state index contributed by atoms with van der Waals surface area (Å²) in [4.78, 5) is 4.82. The minimum absolute atomic E-state index is 0.942. The number of hydrogen-bond acceptors (Lipinski definition) is 2. The van der Waals surface area contributed by atoms with Gasteiger partial charge >= 0.3 is 0 Å². The number of rotatable bonds is 1. The van der Waals surface area contributed by atoms with E-state index in [1.807, 2.05) is 0 Å². The number of quaternary nitrogens is 1. The average molecular weight is 228 g/mol. The van der Waals surface area contributed by atoms with Crippen LogP contribution in [-0.2, 0) is 0 Å². The van der Waals surface area contributed by atoms with E-state index in [9.17, 15) is 0 Å². The highest BCUT2D eigenvalue weighted by molar-refractivity contribution is 5.79. The van der Waals surface area contributed by atoms with Crippen molar-refractivity contribution < 1.29 is 0 Å². The number of fused-ring (bicyclic) bond motifs is 1. The van der Waals surface area contributed by atoms with E-state index in [4.69, 9.17) is 4.98 Å². The molecule has 0 unspecified atom stereocenters. The third kappa shape index (κ3) is 1.92. The summed E-state index contributed by atoms with van der Waals surface area (Å²) in [6.07, 6.45) is 0. The Hall–Kier alpha value is -1.45. The predicted octanol–water partition coefficient (Wildman–Crippen LogP) is 1.78. The molecule has 2 heterocycles. The number of benzene rings is 1. The fourth-order valence-corrected chi connectivity index (χ4v) is 2.47. The monoisotopic (exact) mass is 228 g/mol. The van der Waals surface area contributed by atoms with Gasteiger partial charge in [0.25, 0.3) is 0 Å². The zero-order valence-corrected chi connectivity index (χ0v) is 10.2. The molecule has 0 amide bonds. The first-order valence-corrected chi connectivity index (χ1v) is 6.20. The van der Waals surface area contributed by atoms with E-state index in [2.05, 4.69) is 48.8 Å². The molecule has 1 aliphatic rings. The van der Waals surface area contributed by atoms with Crippen molar-refractivity contribution in [1.82, 2.24) is 14.8 Å². The second-order valence-electron chi connectivity index (χ2n) is 4.96.